The summed E-state index contributed by atoms with van der Waals surface area (Å²) in [5, 5.41) is 12.9. The maximum absolute atomic E-state index is 12.0. The number of carboxylic acids is 1. The summed E-state index contributed by atoms with van der Waals surface area (Å²) in [6.45, 7) is -0.378. The Morgan fingerprint density at radius 3 is 2.11 bits per heavy atom. The Kier molecular flexibility index (Phi) is 7.88. The minimum absolute atomic E-state index is 0.0515. The summed E-state index contributed by atoms with van der Waals surface area (Å²) in [5.41, 5.74) is 1.13. The number of amides is 1. The number of ether oxygens (including phenoxy) is 1. The Morgan fingerprint density at radius 1 is 0.893 bits per heavy atom. The quantitative estimate of drug-likeness (QED) is 0.467. The molecule has 0 radical (unpaired) electrons. The van der Waals surface area contributed by atoms with Gasteiger partial charge in [-0.1, -0.05) is 28.1 Å². The number of rotatable bonds is 9. The summed E-state index contributed by atoms with van der Waals surface area (Å²) in [7, 11) is 0. The van der Waals surface area contributed by atoms with Gasteiger partial charge < -0.3 is 20.0 Å². The van der Waals surface area contributed by atoms with Crippen LogP contribution in [-0.2, 0) is 14.3 Å². The molecule has 146 valence electrons. The standard InChI is InChI=1S/C20H18BrNO6/c21-15-8-4-13(5-9-15)17(23)12-28-20(27)14-6-10-16(11-7-14)22-18(24)2-1-3-19(25)26/h4-11H,1-3,12H2,(H,22,24)(H,25,26)/p-1. The van der Waals surface area contributed by atoms with Crippen LogP contribution in [0.3, 0.4) is 0 Å². The fourth-order valence-corrected chi connectivity index (χ4v) is 2.50. The normalized spacial score (nSPS) is 10.2. The van der Waals surface area contributed by atoms with Crippen LogP contribution in [0.1, 0.15) is 40.0 Å². The van der Waals surface area contributed by atoms with Gasteiger partial charge in [0.15, 0.2) is 12.4 Å². The van der Waals surface area contributed by atoms with Gasteiger partial charge in [0.2, 0.25) is 5.91 Å². The molecule has 28 heavy (non-hydrogen) atoms. The Bertz CT molecular complexity index is 861. The van der Waals surface area contributed by atoms with Crippen LogP contribution in [0.15, 0.2) is 53.0 Å². The van der Waals surface area contributed by atoms with Crippen molar-refractivity contribution in [1.82, 2.24) is 0 Å². The highest BCUT2D eigenvalue weighted by atomic mass is 79.9. The predicted molar refractivity (Wildman–Crippen MR) is 103 cm³/mol. The number of aliphatic carboxylic acids is 1. The summed E-state index contributed by atoms with van der Waals surface area (Å²) < 4.78 is 5.86. The molecule has 0 bridgehead atoms. The molecule has 0 saturated carbocycles. The van der Waals surface area contributed by atoms with Crippen molar-refractivity contribution in [1.29, 1.82) is 0 Å². The minimum Gasteiger partial charge on any atom is -0.550 e. The first-order valence-corrected chi connectivity index (χ1v) is 9.20. The number of carbonyl (C=O) groups is 4. The zero-order chi connectivity index (χ0) is 20.5. The summed E-state index contributed by atoms with van der Waals surface area (Å²) >= 11 is 3.28. The van der Waals surface area contributed by atoms with Crippen molar-refractivity contribution in [3.8, 4) is 0 Å². The number of anilines is 1. The molecule has 0 aromatic heterocycles. The topological polar surface area (TPSA) is 113 Å². The van der Waals surface area contributed by atoms with E-state index in [1.807, 2.05) is 0 Å². The lowest BCUT2D eigenvalue weighted by Crippen LogP contribution is -2.22. The van der Waals surface area contributed by atoms with E-state index >= 15 is 0 Å². The Morgan fingerprint density at radius 2 is 1.50 bits per heavy atom. The van der Waals surface area contributed by atoms with Crippen LogP contribution in [0.4, 0.5) is 5.69 Å². The molecule has 1 amide bonds. The van der Waals surface area contributed by atoms with Gasteiger partial charge >= 0.3 is 5.97 Å². The number of ketones is 1. The third-order valence-corrected chi connectivity index (χ3v) is 4.22. The van der Waals surface area contributed by atoms with Gasteiger partial charge in [-0.3, -0.25) is 9.59 Å². The Labute approximate surface area is 169 Å². The maximum Gasteiger partial charge on any atom is 0.338 e. The first kappa shape index (κ1) is 21.3. The van der Waals surface area contributed by atoms with E-state index in [0.29, 0.717) is 11.3 Å². The van der Waals surface area contributed by atoms with E-state index < -0.39 is 11.9 Å². The second-order valence-electron chi connectivity index (χ2n) is 5.86. The molecular weight excluding hydrogens is 430 g/mol. The molecule has 2 aromatic carbocycles. The van der Waals surface area contributed by atoms with E-state index in [1.54, 1.807) is 24.3 Å². The molecule has 1 N–H and O–H groups in total. The lowest BCUT2D eigenvalue weighted by molar-refractivity contribution is -0.305. The number of carboxylic acid groups (broad SMARTS) is 1. The number of esters is 1. The second-order valence-corrected chi connectivity index (χ2v) is 6.77. The molecule has 0 atom stereocenters. The van der Waals surface area contributed by atoms with Gasteiger partial charge in [0.1, 0.15) is 0 Å². The van der Waals surface area contributed by atoms with Crippen molar-refractivity contribution >= 4 is 45.2 Å². The molecule has 8 heteroatoms. The highest BCUT2D eigenvalue weighted by Crippen LogP contribution is 2.13. The zero-order valence-electron chi connectivity index (χ0n) is 14.8. The smallest absolute Gasteiger partial charge is 0.338 e. The van der Waals surface area contributed by atoms with Crippen LogP contribution in [0.25, 0.3) is 0 Å². The molecule has 0 saturated heterocycles. The highest BCUT2D eigenvalue weighted by Gasteiger charge is 2.12. The van der Waals surface area contributed by atoms with Gasteiger partial charge in [0, 0.05) is 28.1 Å². The summed E-state index contributed by atoms with van der Waals surface area (Å²) in [6, 6.07) is 12.7. The van der Waals surface area contributed by atoms with Crippen LogP contribution in [0, 0.1) is 0 Å². The van der Waals surface area contributed by atoms with Crippen molar-refractivity contribution in [3.63, 3.8) is 0 Å². The molecule has 7 nitrogen and oxygen atoms in total. The number of hydrogen-bond donors (Lipinski definition) is 1. The van der Waals surface area contributed by atoms with Gasteiger partial charge in [0.25, 0.3) is 0 Å². The number of carbonyl (C=O) groups excluding carboxylic acids is 4. The van der Waals surface area contributed by atoms with Crippen LogP contribution in [-0.4, -0.2) is 30.2 Å². The number of benzene rings is 2. The van der Waals surface area contributed by atoms with Crippen molar-refractivity contribution < 1.29 is 29.0 Å². The van der Waals surface area contributed by atoms with E-state index in [-0.39, 0.29) is 43.1 Å². The Balaban J connectivity index is 1.82. The molecule has 0 aliphatic rings. The van der Waals surface area contributed by atoms with Gasteiger partial charge in [-0.25, -0.2) is 4.79 Å². The van der Waals surface area contributed by atoms with E-state index in [4.69, 9.17) is 4.74 Å². The largest absolute Gasteiger partial charge is 0.550 e. The molecule has 0 aliphatic carbocycles. The van der Waals surface area contributed by atoms with E-state index in [0.717, 1.165) is 4.47 Å². The maximum atomic E-state index is 12.0. The van der Waals surface area contributed by atoms with Gasteiger partial charge in [0.05, 0.1) is 5.56 Å². The molecule has 0 unspecified atom stereocenters. The average Bonchev–Trinajstić information content (AvgIpc) is 2.66. The first-order chi connectivity index (χ1) is 13.3. The lowest BCUT2D eigenvalue weighted by Gasteiger charge is -2.07. The summed E-state index contributed by atoms with van der Waals surface area (Å²) in [6.07, 6.45) is 0.0537. The third kappa shape index (κ3) is 6.96. The fourth-order valence-electron chi connectivity index (χ4n) is 2.24. The second kappa shape index (κ2) is 10.4. The highest BCUT2D eigenvalue weighted by molar-refractivity contribution is 9.10. The third-order valence-electron chi connectivity index (χ3n) is 3.69. The molecule has 0 spiro atoms. The summed E-state index contributed by atoms with van der Waals surface area (Å²) in [4.78, 5) is 46.1. The van der Waals surface area contributed by atoms with Crippen molar-refractivity contribution in [2.75, 3.05) is 11.9 Å². The van der Waals surface area contributed by atoms with Gasteiger partial charge in [-0.05, 0) is 49.2 Å². The zero-order valence-corrected chi connectivity index (χ0v) is 16.4. The molecule has 2 aromatic rings. The molecular formula is C20H17BrNO6-. The van der Waals surface area contributed by atoms with Gasteiger partial charge in [-0.2, -0.15) is 0 Å². The van der Waals surface area contributed by atoms with Crippen LogP contribution >= 0.6 is 15.9 Å². The summed E-state index contributed by atoms with van der Waals surface area (Å²) in [5.74, 6) is -2.51. The monoisotopic (exact) mass is 446 g/mol. The molecule has 0 heterocycles. The number of Topliss-reactive ketones (excluding diaryl/α,β-unsaturated/α-hetero) is 1. The van der Waals surface area contributed by atoms with E-state index in [9.17, 15) is 24.3 Å². The number of nitrogens with one attached hydrogen (secondary N) is 1. The van der Waals surface area contributed by atoms with Gasteiger partial charge in [-0.15, -0.1) is 0 Å². The van der Waals surface area contributed by atoms with Crippen molar-refractivity contribution in [2.24, 2.45) is 0 Å². The lowest BCUT2D eigenvalue weighted by atomic mass is 10.1. The van der Waals surface area contributed by atoms with Crippen LogP contribution in [0.5, 0.6) is 0 Å². The average molecular weight is 447 g/mol. The van der Waals surface area contributed by atoms with Crippen LogP contribution < -0.4 is 10.4 Å². The minimum atomic E-state index is -1.20. The Hall–Kier alpha value is -3.00. The van der Waals surface area contributed by atoms with Crippen LogP contribution in [0.2, 0.25) is 0 Å². The first-order valence-electron chi connectivity index (χ1n) is 8.41. The van der Waals surface area contributed by atoms with Crippen molar-refractivity contribution in [2.45, 2.75) is 19.3 Å². The SMILES string of the molecule is O=C([O-])CCCC(=O)Nc1ccc(C(=O)OCC(=O)c2ccc(Br)cc2)cc1. The molecule has 0 fully saturated rings. The molecule has 0 aliphatic heterocycles. The number of hydrogen-bond acceptors (Lipinski definition) is 6. The predicted octanol–water partition coefficient (Wildman–Crippen LogP) is 2.35. The molecule has 2 rings (SSSR count). The fraction of sp³-hybridized carbons (Fsp3) is 0.200. The van der Waals surface area contributed by atoms with E-state index in [1.165, 1.54) is 24.3 Å². The van der Waals surface area contributed by atoms with E-state index in [2.05, 4.69) is 21.2 Å². The van der Waals surface area contributed by atoms with Crippen molar-refractivity contribution in [3.05, 3.63) is 64.1 Å². The number of halogens is 1.